The van der Waals surface area contributed by atoms with E-state index in [-0.39, 0.29) is 29.7 Å². The summed E-state index contributed by atoms with van der Waals surface area (Å²) in [5, 5.41) is 9.88. The summed E-state index contributed by atoms with van der Waals surface area (Å²) < 4.78 is 4.62. The fourth-order valence-electron chi connectivity index (χ4n) is 3.23. The summed E-state index contributed by atoms with van der Waals surface area (Å²) in [6, 6.07) is 0. The van der Waals surface area contributed by atoms with Gasteiger partial charge in [-0.3, -0.25) is 9.59 Å². The maximum atomic E-state index is 12.0. The van der Waals surface area contributed by atoms with Crippen LogP contribution >= 0.6 is 0 Å². The van der Waals surface area contributed by atoms with Crippen LogP contribution in [0.3, 0.4) is 0 Å². The molecule has 0 radical (unpaired) electrons. The van der Waals surface area contributed by atoms with E-state index in [1.807, 2.05) is 12.2 Å². The van der Waals surface area contributed by atoms with Gasteiger partial charge in [0.25, 0.3) is 0 Å². The van der Waals surface area contributed by atoms with Gasteiger partial charge in [0.15, 0.2) is 5.78 Å². The minimum atomic E-state index is -0.273. The molecule has 0 spiro atoms. The molecule has 0 amide bonds. The summed E-state index contributed by atoms with van der Waals surface area (Å²) in [7, 11) is 1.41. The van der Waals surface area contributed by atoms with Gasteiger partial charge in [0, 0.05) is 18.3 Å². The number of ether oxygens (including phenoxy) is 1. The summed E-state index contributed by atoms with van der Waals surface area (Å²) in [4.78, 5) is 23.1. The smallest absolute Gasteiger partial charge is 0.305 e. The molecule has 1 rings (SSSR count). The van der Waals surface area contributed by atoms with Crippen LogP contribution in [0.15, 0.2) is 24.3 Å². The largest absolute Gasteiger partial charge is 0.469 e. The number of unbranched alkanes of at least 4 members (excludes halogenated alkanes) is 4. The van der Waals surface area contributed by atoms with E-state index in [1.165, 1.54) is 7.11 Å². The predicted molar refractivity (Wildman–Crippen MR) is 100 cm³/mol. The fraction of sp³-hybridized carbons (Fsp3) is 0.714. The zero-order valence-electron chi connectivity index (χ0n) is 15.8. The normalized spacial score (nSPS) is 21.2. The SMILES string of the molecule is CCCCC(O)CC=CC1C=CC(=O)C1CCCCCCC(=O)OC. The van der Waals surface area contributed by atoms with Gasteiger partial charge < -0.3 is 9.84 Å². The molecule has 1 aliphatic rings. The van der Waals surface area contributed by atoms with Gasteiger partial charge >= 0.3 is 5.97 Å². The van der Waals surface area contributed by atoms with Crippen molar-refractivity contribution < 1.29 is 19.4 Å². The number of allylic oxidation sites excluding steroid dienone is 3. The number of esters is 1. The van der Waals surface area contributed by atoms with Gasteiger partial charge in [-0.15, -0.1) is 0 Å². The van der Waals surface area contributed by atoms with Crippen LogP contribution in [-0.4, -0.2) is 30.1 Å². The second-order valence-electron chi connectivity index (χ2n) is 6.93. The average molecular weight is 350 g/mol. The Morgan fingerprint density at radius 1 is 1.28 bits per heavy atom. The van der Waals surface area contributed by atoms with Crippen LogP contribution < -0.4 is 0 Å². The van der Waals surface area contributed by atoms with Gasteiger partial charge in [0.05, 0.1) is 13.2 Å². The maximum absolute atomic E-state index is 12.0. The Bertz CT molecular complexity index is 453. The molecule has 3 unspecified atom stereocenters. The second kappa shape index (κ2) is 12.9. The van der Waals surface area contributed by atoms with Crippen LogP contribution in [0.25, 0.3) is 0 Å². The fourth-order valence-corrected chi connectivity index (χ4v) is 3.23. The van der Waals surface area contributed by atoms with Crippen molar-refractivity contribution >= 4 is 11.8 Å². The molecule has 3 atom stereocenters. The van der Waals surface area contributed by atoms with Crippen LogP contribution in [-0.2, 0) is 14.3 Å². The average Bonchev–Trinajstić information content (AvgIpc) is 2.95. The maximum Gasteiger partial charge on any atom is 0.305 e. The molecule has 0 fully saturated rings. The number of carbonyl (C=O) groups is 2. The third kappa shape index (κ3) is 9.01. The number of aliphatic hydroxyl groups excluding tert-OH is 1. The minimum absolute atomic E-state index is 0.0460. The van der Waals surface area contributed by atoms with E-state index in [4.69, 9.17) is 0 Å². The van der Waals surface area contributed by atoms with Gasteiger partial charge in [0.1, 0.15) is 0 Å². The first-order chi connectivity index (χ1) is 12.1. The summed E-state index contributed by atoms with van der Waals surface area (Å²) >= 11 is 0. The quantitative estimate of drug-likeness (QED) is 0.304. The minimum Gasteiger partial charge on any atom is -0.469 e. The van der Waals surface area contributed by atoms with Crippen molar-refractivity contribution in [2.75, 3.05) is 7.11 Å². The Balaban J connectivity index is 2.25. The lowest BCUT2D eigenvalue weighted by Gasteiger charge is -2.15. The highest BCUT2D eigenvalue weighted by Gasteiger charge is 2.27. The van der Waals surface area contributed by atoms with Crippen LogP contribution in [0.4, 0.5) is 0 Å². The molecule has 4 heteroatoms. The van der Waals surface area contributed by atoms with Crippen molar-refractivity contribution in [1.82, 2.24) is 0 Å². The second-order valence-corrected chi connectivity index (χ2v) is 6.93. The van der Waals surface area contributed by atoms with E-state index in [1.54, 1.807) is 6.08 Å². The molecule has 0 aliphatic heterocycles. The number of rotatable bonds is 13. The van der Waals surface area contributed by atoms with Crippen molar-refractivity contribution in [3.8, 4) is 0 Å². The molecule has 0 aromatic carbocycles. The first kappa shape index (κ1) is 21.6. The summed E-state index contributed by atoms with van der Waals surface area (Å²) in [6.45, 7) is 2.12. The molecule has 0 bridgehead atoms. The van der Waals surface area contributed by atoms with Gasteiger partial charge in [-0.25, -0.2) is 0 Å². The van der Waals surface area contributed by atoms with Gasteiger partial charge in [0.2, 0.25) is 0 Å². The van der Waals surface area contributed by atoms with Crippen molar-refractivity contribution in [3.63, 3.8) is 0 Å². The van der Waals surface area contributed by atoms with Crippen molar-refractivity contribution in [1.29, 1.82) is 0 Å². The number of hydrogen-bond donors (Lipinski definition) is 1. The Hall–Kier alpha value is -1.42. The highest BCUT2D eigenvalue weighted by Crippen LogP contribution is 2.29. The summed E-state index contributed by atoms with van der Waals surface area (Å²) in [6.07, 6.45) is 16.4. The summed E-state index contributed by atoms with van der Waals surface area (Å²) in [5.74, 6) is 0.280. The van der Waals surface area contributed by atoms with Crippen LogP contribution in [0.5, 0.6) is 0 Å². The summed E-state index contributed by atoms with van der Waals surface area (Å²) in [5.41, 5.74) is 0. The molecule has 0 aromatic heterocycles. The van der Waals surface area contributed by atoms with E-state index in [0.717, 1.165) is 51.4 Å². The van der Waals surface area contributed by atoms with Crippen molar-refractivity contribution in [3.05, 3.63) is 24.3 Å². The lowest BCUT2D eigenvalue weighted by Crippen LogP contribution is -2.14. The van der Waals surface area contributed by atoms with Gasteiger partial charge in [-0.1, -0.05) is 57.3 Å². The van der Waals surface area contributed by atoms with E-state index in [2.05, 4.69) is 17.7 Å². The zero-order valence-corrected chi connectivity index (χ0v) is 15.8. The number of ketones is 1. The Labute approximate surface area is 152 Å². The topological polar surface area (TPSA) is 63.6 Å². The molecule has 0 saturated carbocycles. The first-order valence-corrected chi connectivity index (χ1v) is 9.72. The molecule has 1 aliphatic carbocycles. The highest BCUT2D eigenvalue weighted by atomic mass is 16.5. The Kier molecular flexibility index (Phi) is 11.1. The molecule has 0 aromatic rings. The number of methoxy groups -OCH3 is 1. The third-order valence-corrected chi connectivity index (χ3v) is 4.84. The highest BCUT2D eigenvalue weighted by molar-refractivity contribution is 5.94. The predicted octanol–water partition coefficient (Wildman–Crippen LogP) is 4.37. The van der Waals surface area contributed by atoms with Crippen molar-refractivity contribution in [2.45, 2.75) is 77.2 Å². The molecule has 0 saturated heterocycles. The number of aliphatic hydroxyl groups is 1. The van der Waals surface area contributed by atoms with E-state index in [0.29, 0.717) is 12.8 Å². The van der Waals surface area contributed by atoms with Crippen LogP contribution in [0.1, 0.15) is 71.1 Å². The van der Waals surface area contributed by atoms with E-state index >= 15 is 0 Å². The number of carbonyl (C=O) groups excluding carboxylic acids is 2. The molecular formula is C21H34O4. The molecule has 25 heavy (non-hydrogen) atoms. The van der Waals surface area contributed by atoms with E-state index in [9.17, 15) is 14.7 Å². The first-order valence-electron chi connectivity index (χ1n) is 9.72. The lowest BCUT2D eigenvalue weighted by atomic mass is 9.88. The van der Waals surface area contributed by atoms with Gasteiger partial charge in [-0.2, -0.15) is 0 Å². The standard InChI is InChI=1S/C21H34O4/c1-3-4-11-18(22)12-9-10-17-15-16-20(23)19(17)13-7-5-6-8-14-21(24)25-2/h9-10,15-19,22H,3-8,11-14H2,1-2H3. The van der Waals surface area contributed by atoms with Crippen molar-refractivity contribution in [2.24, 2.45) is 11.8 Å². The van der Waals surface area contributed by atoms with Crippen LogP contribution in [0, 0.1) is 11.8 Å². The Morgan fingerprint density at radius 2 is 2.04 bits per heavy atom. The molecule has 1 N–H and O–H groups in total. The zero-order chi connectivity index (χ0) is 18.5. The third-order valence-electron chi connectivity index (χ3n) is 4.84. The van der Waals surface area contributed by atoms with Crippen LogP contribution in [0.2, 0.25) is 0 Å². The van der Waals surface area contributed by atoms with E-state index < -0.39 is 0 Å². The molecule has 0 heterocycles. The molecular weight excluding hydrogens is 316 g/mol. The lowest BCUT2D eigenvalue weighted by molar-refractivity contribution is -0.140. The Morgan fingerprint density at radius 3 is 2.76 bits per heavy atom. The van der Waals surface area contributed by atoms with Gasteiger partial charge in [-0.05, 0) is 31.8 Å². The molecule has 4 nitrogen and oxygen atoms in total. The number of hydrogen-bond acceptors (Lipinski definition) is 4. The monoisotopic (exact) mass is 350 g/mol. The molecule has 142 valence electrons.